The summed E-state index contributed by atoms with van der Waals surface area (Å²) >= 11 is 0. The fourth-order valence-electron chi connectivity index (χ4n) is 3.21. The highest BCUT2D eigenvalue weighted by atomic mass is 16.5. The summed E-state index contributed by atoms with van der Waals surface area (Å²) in [6, 6.07) is 16.3. The number of fused-ring (bicyclic) bond motifs is 1. The van der Waals surface area contributed by atoms with Crippen LogP contribution in [0.4, 0.5) is 5.69 Å². The molecular formula is C23H23NO4. The van der Waals surface area contributed by atoms with Gasteiger partial charge in [-0.05, 0) is 35.4 Å². The molecule has 0 aromatic heterocycles. The Labute approximate surface area is 164 Å². The number of hydrogen-bond acceptors (Lipinski definition) is 4. The lowest BCUT2D eigenvalue weighted by atomic mass is 10.0. The minimum absolute atomic E-state index is 0.0368. The highest BCUT2D eigenvalue weighted by Crippen LogP contribution is 2.29. The van der Waals surface area contributed by atoms with Gasteiger partial charge in [0.15, 0.2) is 6.61 Å². The SMILES string of the molecule is CCc1cccc(CC)c1NC(=O)COC(=O)c1ccc2ccccc2c1O. The number of ether oxygens (including phenoxy) is 1. The van der Waals surface area contributed by atoms with Crippen LogP contribution in [0, 0.1) is 0 Å². The second kappa shape index (κ2) is 8.57. The molecule has 0 atom stereocenters. The molecule has 0 heterocycles. The van der Waals surface area contributed by atoms with Gasteiger partial charge in [0, 0.05) is 11.1 Å². The molecule has 0 unspecified atom stereocenters. The van der Waals surface area contributed by atoms with Crippen molar-refractivity contribution in [1.29, 1.82) is 0 Å². The number of carbonyl (C=O) groups is 2. The molecule has 5 nitrogen and oxygen atoms in total. The van der Waals surface area contributed by atoms with Crippen molar-refractivity contribution in [3.8, 4) is 5.75 Å². The van der Waals surface area contributed by atoms with E-state index in [0.717, 1.165) is 35.0 Å². The van der Waals surface area contributed by atoms with Gasteiger partial charge >= 0.3 is 5.97 Å². The van der Waals surface area contributed by atoms with Crippen LogP contribution in [0.15, 0.2) is 54.6 Å². The molecule has 5 heteroatoms. The lowest BCUT2D eigenvalue weighted by molar-refractivity contribution is -0.119. The van der Waals surface area contributed by atoms with Crippen molar-refractivity contribution in [1.82, 2.24) is 0 Å². The van der Waals surface area contributed by atoms with E-state index in [-0.39, 0.29) is 11.3 Å². The van der Waals surface area contributed by atoms with Gasteiger partial charge in [-0.25, -0.2) is 4.79 Å². The van der Waals surface area contributed by atoms with Crippen molar-refractivity contribution in [3.05, 3.63) is 71.3 Å². The van der Waals surface area contributed by atoms with Gasteiger partial charge in [0.25, 0.3) is 5.91 Å². The Morgan fingerprint density at radius 2 is 1.61 bits per heavy atom. The molecule has 0 spiro atoms. The summed E-state index contributed by atoms with van der Waals surface area (Å²) in [6.07, 6.45) is 1.57. The van der Waals surface area contributed by atoms with Gasteiger partial charge < -0.3 is 15.2 Å². The van der Waals surface area contributed by atoms with Crippen LogP contribution in [0.5, 0.6) is 5.75 Å². The van der Waals surface area contributed by atoms with E-state index >= 15 is 0 Å². The fourth-order valence-corrected chi connectivity index (χ4v) is 3.21. The topological polar surface area (TPSA) is 75.6 Å². The first kappa shape index (κ1) is 19.4. The number of carbonyl (C=O) groups excluding carboxylic acids is 2. The van der Waals surface area contributed by atoms with E-state index in [2.05, 4.69) is 5.32 Å². The van der Waals surface area contributed by atoms with Gasteiger partial charge in [-0.3, -0.25) is 4.79 Å². The first-order valence-electron chi connectivity index (χ1n) is 9.33. The molecule has 28 heavy (non-hydrogen) atoms. The van der Waals surface area contributed by atoms with Crippen molar-refractivity contribution < 1.29 is 19.4 Å². The Balaban J connectivity index is 1.70. The van der Waals surface area contributed by atoms with Gasteiger partial charge in [-0.2, -0.15) is 0 Å². The number of anilines is 1. The Hall–Kier alpha value is -3.34. The van der Waals surface area contributed by atoms with Crippen molar-refractivity contribution >= 4 is 28.3 Å². The van der Waals surface area contributed by atoms with Crippen LogP contribution >= 0.6 is 0 Å². The first-order valence-corrected chi connectivity index (χ1v) is 9.33. The molecule has 0 fully saturated rings. The molecule has 3 aromatic rings. The maximum absolute atomic E-state index is 12.4. The number of benzene rings is 3. The maximum atomic E-state index is 12.4. The standard InChI is InChI=1S/C23H23NO4/c1-3-15-9-7-10-16(4-2)21(15)24-20(25)14-28-23(27)19-13-12-17-8-5-6-11-18(17)22(19)26/h5-13,26H,3-4,14H2,1-2H3,(H,24,25). The molecule has 0 bridgehead atoms. The summed E-state index contributed by atoms with van der Waals surface area (Å²) < 4.78 is 5.13. The molecule has 0 aliphatic rings. The fraction of sp³-hybridized carbons (Fsp3) is 0.217. The zero-order chi connectivity index (χ0) is 20.1. The zero-order valence-corrected chi connectivity index (χ0v) is 16.0. The van der Waals surface area contributed by atoms with E-state index in [9.17, 15) is 14.7 Å². The largest absolute Gasteiger partial charge is 0.506 e. The molecule has 3 aromatic carbocycles. The van der Waals surface area contributed by atoms with Gasteiger partial charge in [-0.1, -0.05) is 62.4 Å². The summed E-state index contributed by atoms with van der Waals surface area (Å²) in [6.45, 7) is 3.62. The van der Waals surface area contributed by atoms with Gasteiger partial charge in [-0.15, -0.1) is 0 Å². The molecule has 144 valence electrons. The number of esters is 1. The maximum Gasteiger partial charge on any atom is 0.342 e. The quantitative estimate of drug-likeness (QED) is 0.622. The van der Waals surface area contributed by atoms with Crippen LogP contribution in [0.3, 0.4) is 0 Å². The number of aromatic hydroxyl groups is 1. The predicted octanol–water partition coefficient (Wildman–Crippen LogP) is 4.47. The van der Waals surface area contributed by atoms with E-state index < -0.39 is 18.5 Å². The number of phenolic OH excluding ortho intramolecular Hbond substituents is 1. The zero-order valence-electron chi connectivity index (χ0n) is 16.0. The predicted molar refractivity (Wildman–Crippen MR) is 110 cm³/mol. The van der Waals surface area contributed by atoms with Gasteiger partial charge in [0.05, 0.1) is 0 Å². The molecule has 0 saturated carbocycles. The van der Waals surface area contributed by atoms with E-state index in [1.54, 1.807) is 18.2 Å². The van der Waals surface area contributed by atoms with Crippen LogP contribution in [0.1, 0.15) is 35.3 Å². The summed E-state index contributed by atoms with van der Waals surface area (Å²) in [7, 11) is 0. The number of phenols is 1. The Kier molecular flexibility index (Phi) is 5.94. The van der Waals surface area contributed by atoms with Crippen LogP contribution in [-0.2, 0) is 22.4 Å². The Morgan fingerprint density at radius 1 is 0.929 bits per heavy atom. The van der Waals surface area contributed by atoms with Crippen LogP contribution in [0.25, 0.3) is 10.8 Å². The highest BCUT2D eigenvalue weighted by Gasteiger charge is 2.17. The third-order valence-electron chi connectivity index (χ3n) is 4.72. The third kappa shape index (κ3) is 3.98. The van der Waals surface area contributed by atoms with E-state index in [4.69, 9.17) is 4.74 Å². The Morgan fingerprint density at radius 3 is 2.29 bits per heavy atom. The van der Waals surface area contributed by atoms with Crippen molar-refractivity contribution in [2.75, 3.05) is 11.9 Å². The number of amides is 1. The summed E-state index contributed by atoms with van der Waals surface area (Å²) in [4.78, 5) is 24.7. The van der Waals surface area contributed by atoms with Crippen LogP contribution < -0.4 is 5.32 Å². The van der Waals surface area contributed by atoms with E-state index in [0.29, 0.717) is 5.39 Å². The lowest BCUT2D eigenvalue weighted by Crippen LogP contribution is -2.22. The molecule has 0 aliphatic heterocycles. The number of nitrogens with one attached hydrogen (secondary N) is 1. The molecule has 0 aliphatic carbocycles. The smallest absolute Gasteiger partial charge is 0.342 e. The highest BCUT2D eigenvalue weighted by molar-refractivity contribution is 6.02. The number of aryl methyl sites for hydroxylation is 2. The first-order chi connectivity index (χ1) is 13.5. The molecule has 1 amide bonds. The van der Waals surface area contributed by atoms with Crippen molar-refractivity contribution in [2.24, 2.45) is 0 Å². The Bertz CT molecular complexity index is 1000. The minimum Gasteiger partial charge on any atom is -0.506 e. The van der Waals surface area contributed by atoms with Crippen molar-refractivity contribution in [2.45, 2.75) is 26.7 Å². The van der Waals surface area contributed by atoms with Gasteiger partial charge in [0.1, 0.15) is 11.3 Å². The average Bonchev–Trinajstić information content (AvgIpc) is 2.72. The molecule has 0 saturated heterocycles. The summed E-state index contributed by atoms with van der Waals surface area (Å²) in [5.41, 5.74) is 2.88. The second-order valence-corrected chi connectivity index (χ2v) is 6.47. The molecule has 0 radical (unpaired) electrons. The van der Waals surface area contributed by atoms with Crippen LogP contribution in [-0.4, -0.2) is 23.6 Å². The molecule has 3 rings (SSSR count). The number of hydrogen-bond donors (Lipinski definition) is 2. The van der Waals surface area contributed by atoms with Gasteiger partial charge in [0.2, 0.25) is 0 Å². The summed E-state index contributed by atoms with van der Waals surface area (Å²) in [5.74, 6) is -1.30. The van der Waals surface area contributed by atoms with E-state index in [1.165, 1.54) is 6.07 Å². The van der Waals surface area contributed by atoms with Crippen LogP contribution in [0.2, 0.25) is 0 Å². The second-order valence-electron chi connectivity index (χ2n) is 6.47. The monoisotopic (exact) mass is 377 g/mol. The summed E-state index contributed by atoms with van der Waals surface area (Å²) in [5, 5.41) is 14.6. The molecular weight excluding hydrogens is 354 g/mol. The minimum atomic E-state index is -0.738. The number of rotatable bonds is 6. The molecule has 2 N–H and O–H groups in total. The van der Waals surface area contributed by atoms with Crippen molar-refractivity contribution in [3.63, 3.8) is 0 Å². The number of para-hydroxylation sites is 1. The third-order valence-corrected chi connectivity index (χ3v) is 4.72. The average molecular weight is 377 g/mol. The van der Waals surface area contributed by atoms with E-state index in [1.807, 2.05) is 44.2 Å². The lowest BCUT2D eigenvalue weighted by Gasteiger charge is -2.14. The normalized spacial score (nSPS) is 10.6.